The Bertz CT molecular complexity index is 1560. The number of ether oxygens (including phenoxy) is 3. The maximum absolute atomic E-state index is 14.0. The summed E-state index contributed by atoms with van der Waals surface area (Å²) >= 11 is 0. The first kappa shape index (κ1) is 28.5. The maximum atomic E-state index is 14.0. The molecule has 42 heavy (non-hydrogen) atoms. The van der Waals surface area contributed by atoms with Gasteiger partial charge in [0.1, 0.15) is 29.4 Å². The lowest BCUT2D eigenvalue weighted by Gasteiger charge is -2.24. The van der Waals surface area contributed by atoms with E-state index in [1.807, 2.05) is 30.3 Å². The summed E-state index contributed by atoms with van der Waals surface area (Å²) in [5.74, 6) is -0.834. The van der Waals surface area contributed by atoms with Crippen LogP contribution in [0.15, 0.2) is 91.1 Å². The van der Waals surface area contributed by atoms with Gasteiger partial charge in [-0.25, -0.2) is 4.79 Å². The van der Waals surface area contributed by atoms with Crippen LogP contribution < -0.4 is 14.2 Å². The van der Waals surface area contributed by atoms with E-state index in [2.05, 4.69) is 4.98 Å². The lowest BCUT2D eigenvalue weighted by atomic mass is 10.0. The van der Waals surface area contributed by atoms with Gasteiger partial charge in [-0.05, 0) is 54.1 Å². The van der Waals surface area contributed by atoms with E-state index in [1.165, 1.54) is 18.3 Å². The molecule has 1 aliphatic heterocycles. The zero-order valence-corrected chi connectivity index (χ0v) is 22.1. The summed E-state index contributed by atoms with van der Waals surface area (Å²) in [7, 11) is 0. The largest absolute Gasteiger partial charge is 0.490 e. The van der Waals surface area contributed by atoms with Gasteiger partial charge in [0, 0.05) is 18.3 Å². The third kappa shape index (κ3) is 6.80. The second-order valence-corrected chi connectivity index (χ2v) is 9.49. The van der Waals surface area contributed by atoms with Crippen molar-refractivity contribution in [3.63, 3.8) is 0 Å². The van der Waals surface area contributed by atoms with Crippen molar-refractivity contribution in [3.8, 4) is 28.5 Å². The van der Waals surface area contributed by atoms with Crippen molar-refractivity contribution in [1.29, 1.82) is 0 Å². The summed E-state index contributed by atoms with van der Waals surface area (Å²) in [6.45, 7) is -0.267. The van der Waals surface area contributed by atoms with E-state index in [9.17, 15) is 22.8 Å². The van der Waals surface area contributed by atoms with E-state index in [0.717, 1.165) is 17.7 Å². The van der Waals surface area contributed by atoms with E-state index in [0.29, 0.717) is 17.0 Å². The number of carboxylic acid groups (broad SMARTS) is 1. The van der Waals surface area contributed by atoms with Crippen LogP contribution >= 0.6 is 0 Å². The molecule has 1 N–H and O–H groups in total. The molecule has 8 nitrogen and oxygen atoms in total. The predicted molar refractivity (Wildman–Crippen MR) is 145 cm³/mol. The fraction of sp³-hybridized carbons (Fsp3) is 0.194. The molecule has 0 aliphatic carbocycles. The van der Waals surface area contributed by atoms with Crippen molar-refractivity contribution in [2.45, 2.75) is 18.8 Å². The fourth-order valence-corrected chi connectivity index (χ4v) is 4.50. The van der Waals surface area contributed by atoms with Crippen LogP contribution in [0.3, 0.4) is 0 Å². The first-order valence-electron chi connectivity index (χ1n) is 12.9. The Labute approximate surface area is 238 Å². The number of carbonyl (C=O) groups is 2. The lowest BCUT2D eigenvalue weighted by Crippen LogP contribution is -2.39. The summed E-state index contributed by atoms with van der Waals surface area (Å²) in [6.07, 6.45) is -3.73. The molecule has 0 saturated carbocycles. The number of hydrogen-bond donors (Lipinski definition) is 1. The van der Waals surface area contributed by atoms with Crippen LogP contribution in [0.4, 0.5) is 13.2 Å². The van der Waals surface area contributed by atoms with E-state index in [-0.39, 0.29) is 42.7 Å². The summed E-state index contributed by atoms with van der Waals surface area (Å²) in [5, 5.41) is 8.85. The van der Waals surface area contributed by atoms with Gasteiger partial charge >= 0.3 is 12.1 Å². The third-order valence-corrected chi connectivity index (χ3v) is 6.44. The monoisotopic (exact) mass is 578 g/mol. The van der Waals surface area contributed by atoms with Crippen LogP contribution in [0.25, 0.3) is 11.3 Å². The topological polar surface area (TPSA) is 98.2 Å². The predicted octanol–water partition coefficient (Wildman–Crippen LogP) is 5.71. The Balaban J connectivity index is 1.45. The smallest absolute Gasteiger partial charge is 0.416 e. The molecule has 4 aromatic rings. The molecule has 5 rings (SSSR count). The number of fused-ring (bicyclic) bond motifs is 1. The minimum atomic E-state index is -4.51. The zero-order chi connectivity index (χ0) is 29.7. The number of pyridine rings is 1. The SMILES string of the molecule is O=C(O)COc1ccc(-c2nccc3c2C(=O)N(Cc2ccccc2)CC(COc2cccc(C(F)(F)F)c2)O3)cc1. The van der Waals surface area contributed by atoms with Gasteiger partial charge in [-0.15, -0.1) is 0 Å². The molecular weight excluding hydrogens is 553 g/mol. The van der Waals surface area contributed by atoms with Crippen LogP contribution in [0.2, 0.25) is 0 Å². The standard InChI is InChI=1S/C31H25F3N2O6/c32-31(33,34)22-7-4-8-24(15-22)40-18-25-17-36(16-20-5-2-1-3-6-20)30(39)28-26(42-25)13-14-35-29(28)21-9-11-23(12-10-21)41-19-27(37)38/h1-15,25H,16-19H2,(H,37,38). The highest BCUT2D eigenvalue weighted by atomic mass is 19.4. The molecule has 0 bridgehead atoms. The molecule has 0 fully saturated rings. The van der Waals surface area contributed by atoms with Crippen molar-refractivity contribution < 1.29 is 42.1 Å². The number of nitrogens with zero attached hydrogens (tertiary/aromatic N) is 2. The van der Waals surface area contributed by atoms with Crippen molar-refractivity contribution >= 4 is 11.9 Å². The van der Waals surface area contributed by atoms with Gasteiger partial charge in [0.15, 0.2) is 12.7 Å². The number of halogens is 3. The molecule has 1 aromatic heterocycles. The van der Waals surface area contributed by atoms with E-state index >= 15 is 0 Å². The van der Waals surface area contributed by atoms with Crippen LogP contribution in [0.1, 0.15) is 21.5 Å². The summed E-state index contributed by atoms with van der Waals surface area (Å²) in [5.41, 5.74) is 1.18. The summed E-state index contributed by atoms with van der Waals surface area (Å²) in [4.78, 5) is 30.9. The van der Waals surface area contributed by atoms with Gasteiger partial charge in [-0.3, -0.25) is 9.78 Å². The number of carboxylic acids is 1. The maximum Gasteiger partial charge on any atom is 0.416 e. The lowest BCUT2D eigenvalue weighted by molar-refractivity contribution is -0.139. The molecule has 11 heteroatoms. The van der Waals surface area contributed by atoms with E-state index in [1.54, 1.807) is 35.2 Å². The molecule has 1 amide bonds. The van der Waals surface area contributed by atoms with Crippen molar-refractivity contribution in [2.24, 2.45) is 0 Å². The van der Waals surface area contributed by atoms with Gasteiger partial charge in [-0.2, -0.15) is 13.2 Å². The zero-order valence-electron chi connectivity index (χ0n) is 22.1. The van der Waals surface area contributed by atoms with Crippen LogP contribution in [0.5, 0.6) is 17.2 Å². The second kappa shape index (κ2) is 12.2. The quantitative estimate of drug-likeness (QED) is 0.272. The van der Waals surface area contributed by atoms with E-state index in [4.69, 9.17) is 19.3 Å². The Hall–Kier alpha value is -5.06. The third-order valence-electron chi connectivity index (χ3n) is 6.44. The van der Waals surface area contributed by atoms with Gasteiger partial charge in [-0.1, -0.05) is 36.4 Å². The van der Waals surface area contributed by atoms with Crippen molar-refractivity contribution in [1.82, 2.24) is 9.88 Å². The average molecular weight is 579 g/mol. The number of carbonyl (C=O) groups excluding carboxylic acids is 1. The Morgan fingerprint density at radius 3 is 2.45 bits per heavy atom. The van der Waals surface area contributed by atoms with Gasteiger partial charge in [0.25, 0.3) is 5.91 Å². The average Bonchev–Trinajstić information content (AvgIpc) is 3.11. The van der Waals surface area contributed by atoms with Crippen LogP contribution in [-0.2, 0) is 17.5 Å². The highest BCUT2D eigenvalue weighted by Crippen LogP contribution is 2.35. The number of benzene rings is 3. The Morgan fingerprint density at radius 2 is 1.74 bits per heavy atom. The number of alkyl halides is 3. The molecule has 1 atom stereocenters. The van der Waals surface area contributed by atoms with Crippen molar-refractivity contribution in [3.05, 3.63) is 108 Å². The molecular formula is C31H25F3N2O6. The van der Waals surface area contributed by atoms with Gasteiger partial charge < -0.3 is 24.2 Å². The first-order chi connectivity index (χ1) is 20.2. The molecule has 2 heterocycles. The normalized spacial score (nSPS) is 14.9. The summed E-state index contributed by atoms with van der Waals surface area (Å²) in [6, 6.07) is 22.0. The molecule has 1 aliphatic rings. The number of amides is 1. The van der Waals surface area contributed by atoms with Crippen LogP contribution in [0, 0.1) is 0 Å². The van der Waals surface area contributed by atoms with Crippen LogP contribution in [-0.4, -0.2) is 52.7 Å². The molecule has 0 spiro atoms. The highest BCUT2D eigenvalue weighted by molar-refractivity contribution is 6.02. The Kier molecular flexibility index (Phi) is 8.28. The number of hydrogen-bond acceptors (Lipinski definition) is 6. The van der Waals surface area contributed by atoms with Gasteiger partial charge in [0.05, 0.1) is 17.8 Å². The minimum absolute atomic E-state index is 0.0273. The molecule has 3 aromatic carbocycles. The molecule has 0 saturated heterocycles. The highest BCUT2D eigenvalue weighted by Gasteiger charge is 2.33. The molecule has 1 unspecified atom stereocenters. The minimum Gasteiger partial charge on any atom is -0.490 e. The second-order valence-electron chi connectivity index (χ2n) is 9.49. The molecule has 0 radical (unpaired) electrons. The molecule has 216 valence electrons. The summed E-state index contributed by atoms with van der Waals surface area (Å²) < 4.78 is 56.7. The van der Waals surface area contributed by atoms with E-state index < -0.39 is 30.4 Å². The number of aromatic nitrogens is 1. The number of aliphatic carboxylic acids is 1. The van der Waals surface area contributed by atoms with Gasteiger partial charge in [0.2, 0.25) is 0 Å². The first-order valence-corrected chi connectivity index (χ1v) is 12.9. The Morgan fingerprint density at radius 1 is 0.976 bits per heavy atom. The number of rotatable bonds is 9. The van der Waals surface area contributed by atoms with Crippen molar-refractivity contribution in [2.75, 3.05) is 19.8 Å². The fourth-order valence-electron chi connectivity index (χ4n) is 4.50.